The molecule has 0 saturated carbocycles. The lowest BCUT2D eigenvalue weighted by Crippen LogP contribution is -2.35. The third kappa shape index (κ3) is 3.40. The molecule has 1 unspecified atom stereocenters. The summed E-state index contributed by atoms with van der Waals surface area (Å²) >= 11 is 3.21. The van der Waals surface area contributed by atoms with Gasteiger partial charge in [0, 0.05) is 9.75 Å². The highest BCUT2D eigenvalue weighted by Gasteiger charge is 2.19. The van der Waals surface area contributed by atoms with Gasteiger partial charge in [-0.2, -0.15) is 0 Å². The number of carbonyl (C=O) groups is 1. The second-order valence-electron chi connectivity index (χ2n) is 4.20. The maximum Gasteiger partial charge on any atom is 0.242 e. The number of rotatable bonds is 5. The zero-order valence-electron chi connectivity index (χ0n) is 11.2. The number of nitrogens with one attached hydrogen (secondary N) is 2. The second kappa shape index (κ2) is 6.27. The van der Waals surface area contributed by atoms with Crippen LogP contribution < -0.4 is 10.6 Å². The van der Waals surface area contributed by atoms with Crippen LogP contribution in [0.2, 0.25) is 0 Å². The van der Waals surface area contributed by atoms with E-state index in [1.54, 1.807) is 29.7 Å². The van der Waals surface area contributed by atoms with Gasteiger partial charge in [-0.25, -0.2) is 4.98 Å². The third-order valence-electron chi connectivity index (χ3n) is 2.87. The molecule has 4 nitrogen and oxygen atoms in total. The molecule has 19 heavy (non-hydrogen) atoms. The zero-order valence-corrected chi connectivity index (χ0v) is 12.8. The number of thiazole rings is 1. The first-order chi connectivity index (χ1) is 9.11. The van der Waals surface area contributed by atoms with E-state index in [0.29, 0.717) is 6.54 Å². The van der Waals surface area contributed by atoms with Gasteiger partial charge in [-0.3, -0.25) is 4.79 Å². The molecule has 0 aliphatic carbocycles. The molecule has 0 radical (unpaired) electrons. The smallest absolute Gasteiger partial charge is 0.242 e. The van der Waals surface area contributed by atoms with E-state index >= 15 is 0 Å². The molecule has 0 fully saturated rings. The Morgan fingerprint density at radius 1 is 1.47 bits per heavy atom. The molecule has 0 bridgehead atoms. The minimum atomic E-state index is -0.290. The molecule has 2 aromatic heterocycles. The van der Waals surface area contributed by atoms with Crippen molar-refractivity contribution in [1.82, 2.24) is 15.6 Å². The Morgan fingerprint density at radius 2 is 2.26 bits per heavy atom. The van der Waals surface area contributed by atoms with E-state index in [2.05, 4.69) is 15.6 Å². The first-order valence-electron chi connectivity index (χ1n) is 6.03. The van der Waals surface area contributed by atoms with Gasteiger partial charge in [-0.05, 0) is 32.3 Å². The van der Waals surface area contributed by atoms with E-state index in [4.69, 9.17) is 0 Å². The molecule has 0 aromatic carbocycles. The molecule has 0 aliphatic rings. The number of hydrogen-bond acceptors (Lipinski definition) is 5. The van der Waals surface area contributed by atoms with Crippen LogP contribution in [-0.4, -0.2) is 17.9 Å². The fourth-order valence-corrected chi connectivity index (χ4v) is 3.44. The number of likely N-dealkylation sites (N-methyl/N-ethyl adjacent to an activating group) is 1. The first-order valence-corrected chi connectivity index (χ1v) is 7.72. The van der Waals surface area contributed by atoms with Gasteiger partial charge >= 0.3 is 0 Å². The van der Waals surface area contributed by atoms with E-state index in [1.165, 1.54) is 4.88 Å². The normalized spacial score (nSPS) is 12.4. The average molecular weight is 295 g/mol. The molecule has 0 spiro atoms. The molecule has 0 saturated heterocycles. The molecule has 2 heterocycles. The minimum absolute atomic E-state index is 0.0181. The summed E-state index contributed by atoms with van der Waals surface area (Å²) in [7, 11) is 1.79. The van der Waals surface area contributed by atoms with Crippen LogP contribution in [0.25, 0.3) is 0 Å². The Kier molecular flexibility index (Phi) is 4.68. The number of aryl methyl sites for hydroxylation is 2. The summed E-state index contributed by atoms with van der Waals surface area (Å²) in [6.07, 6.45) is 0. The van der Waals surface area contributed by atoms with Crippen molar-refractivity contribution in [3.8, 4) is 0 Å². The van der Waals surface area contributed by atoms with E-state index in [-0.39, 0.29) is 11.9 Å². The number of aromatic nitrogens is 1. The van der Waals surface area contributed by atoms with Crippen LogP contribution in [0.5, 0.6) is 0 Å². The second-order valence-corrected chi connectivity index (χ2v) is 6.47. The maximum absolute atomic E-state index is 12.1. The monoisotopic (exact) mass is 295 g/mol. The lowest BCUT2D eigenvalue weighted by atomic mass is 10.2. The number of nitrogens with zero attached hydrogens (tertiary/aromatic N) is 1. The van der Waals surface area contributed by atoms with Gasteiger partial charge in [0.15, 0.2) is 0 Å². The molecule has 0 aliphatic heterocycles. The van der Waals surface area contributed by atoms with Crippen molar-refractivity contribution in [2.45, 2.75) is 26.4 Å². The largest absolute Gasteiger partial charge is 0.348 e. The summed E-state index contributed by atoms with van der Waals surface area (Å²) in [4.78, 5) is 18.8. The first kappa shape index (κ1) is 14.2. The van der Waals surface area contributed by atoms with Crippen molar-refractivity contribution < 1.29 is 4.79 Å². The van der Waals surface area contributed by atoms with Crippen molar-refractivity contribution >= 4 is 28.6 Å². The SMILES string of the molecule is CNC(C(=O)NCc1nc(C)c(C)s1)c1cccs1. The van der Waals surface area contributed by atoms with Crippen LogP contribution >= 0.6 is 22.7 Å². The van der Waals surface area contributed by atoms with Crippen LogP contribution in [0, 0.1) is 13.8 Å². The fourth-order valence-electron chi connectivity index (χ4n) is 1.74. The molecule has 1 amide bonds. The predicted molar refractivity (Wildman–Crippen MR) is 79.6 cm³/mol. The van der Waals surface area contributed by atoms with Crippen LogP contribution in [0.4, 0.5) is 0 Å². The zero-order chi connectivity index (χ0) is 13.8. The van der Waals surface area contributed by atoms with Gasteiger partial charge in [0.1, 0.15) is 11.0 Å². The Morgan fingerprint density at radius 3 is 2.79 bits per heavy atom. The standard InChI is InChI=1S/C13H17N3OS2/c1-8-9(2)19-11(16-8)7-15-13(17)12(14-3)10-5-4-6-18-10/h4-6,12,14H,7H2,1-3H3,(H,15,17). The minimum Gasteiger partial charge on any atom is -0.348 e. The number of carbonyl (C=O) groups excluding carboxylic acids is 1. The van der Waals surface area contributed by atoms with Crippen molar-refractivity contribution in [2.24, 2.45) is 0 Å². The predicted octanol–water partition coefficient (Wildman–Crippen LogP) is 2.40. The molecule has 1 atom stereocenters. The molecular weight excluding hydrogens is 278 g/mol. The highest BCUT2D eigenvalue weighted by molar-refractivity contribution is 7.11. The topological polar surface area (TPSA) is 54.0 Å². The van der Waals surface area contributed by atoms with E-state index < -0.39 is 0 Å². The fraction of sp³-hybridized carbons (Fsp3) is 0.385. The van der Waals surface area contributed by atoms with Gasteiger partial charge in [0.05, 0.1) is 12.2 Å². The third-order valence-corrected chi connectivity index (χ3v) is 4.88. The Bertz CT molecular complexity index is 529. The van der Waals surface area contributed by atoms with Crippen LogP contribution in [0.3, 0.4) is 0 Å². The molecular formula is C13H17N3OS2. The van der Waals surface area contributed by atoms with Gasteiger partial charge in [0.25, 0.3) is 0 Å². The Labute approximate surface area is 120 Å². The summed E-state index contributed by atoms with van der Waals surface area (Å²) in [5.41, 5.74) is 1.04. The summed E-state index contributed by atoms with van der Waals surface area (Å²) < 4.78 is 0. The van der Waals surface area contributed by atoms with Gasteiger partial charge in [0.2, 0.25) is 5.91 Å². The van der Waals surface area contributed by atoms with Crippen LogP contribution in [0.1, 0.15) is 26.5 Å². The van der Waals surface area contributed by atoms with E-state index in [1.807, 2.05) is 31.4 Å². The van der Waals surface area contributed by atoms with Crippen molar-refractivity contribution in [3.63, 3.8) is 0 Å². The molecule has 2 rings (SSSR count). The Balaban J connectivity index is 1.97. The van der Waals surface area contributed by atoms with Crippen LogP contribution in [-0.2, 0) is 11.3 Å². The van der Waals surface area contributed by atoms with Crippen molar-refractivity contribution in [3.05, 3.63) is 38.0 Å². The Hall–Kier alpha value is -1.24. The number of hydrogen-bond donors (Lipinski definition) is 2. The van der Waals surface area contributed by atoms with E-state index in [9.17, 15) is 4.79 Å². The van der Waals surface area contributed by atoms with Gasteiger partial charge < -0.3 is 10.6 Å². The van der Waals surface area contributed by atoms with Crippen LogP contribution in [0.15, 0.2) is 17.5 Å². The lowest BCUT2D eigenvalue weighted by Gasteiger charge is -2.13. The number of thiophene rings is 1. The van der Waals surface area contributed by atoms with E-state index in [0.717, 1.165) is 15.6 Å². The maximum atomic E-state index is 12.1. The van der Waals surface area contributed by atoms with Crippen molar-refractivity contribution in [1.29, 1.82) is 0 Å². The number of amides is 1. The molecule has 2 aromatic rings. The summed E-state index contributed by atoms with van der Waals surface area (Å²) in [6, 6.07) is 3.62. The van der Waals surface area contributed by atoms with Gasteiger partial charge in [-0.15, -0.1) is 22.7 Å². The summed E-state index contributed by atoms with van der Waals surface area (Å²) in [5, 5.41) is 8.89. The highest BCUT2D eigenvalue weighted by atomic mass is 32.1. The molecule has 2 N–H and O–H groups in total. The van der Waals surface area contributed by atoms with Crippen molar-refractivity contribution in [2.75, 3.05) is 7.05 Å². The highest BCUT2D eigenvalue weighted by Crippen LogP contribution is 2.19. The molecule has 6 heteroatoms. The average Bonchev–Trinajstić information content (AvgIpc) is 2.99. The van der Waals surface area contributed by atoms with Gasteiger partial charge in [-0.1, -0.05) is 6.07 Å². The molecule has 102 valence electrons. The quantitative estimate of drug-likeness (QED) is 0.890. The summed E-state index contributed by atoms with van der Waals surface area (Å²) in [5.74, 6) is -0.0181. The summed E-state index contributed by atoms with van der Waals surface area (Å²) in [6.45, 7) is 4.52. The lowest BCUT2D eigenvalue weighted by molar-refractivity contribution is -0.123.